The Bertz CT molecular complexity index is 1040. The minimum Gasteiger partial charge on any atom is -0.369 e. The van der Waals surface area contributed by atoms with Crippen molar-refractivity contribution in [3.8, 4) is 0 Å². The van der Waals surface area contributed by atoms with Crippen LogP contribution >= 0.6 is 24.0 Å². The Labute approximate surface area is 157 Å². The largest absolute Gasteiger partial charge is 0.369 e. The summed E-state index contributed by atoms with van der Waals surface area (Å²) in [5, 5.41) is 3.47. The maximum absolute atomic E-state index is 13.6. The number of nitrogens with two attached hydrogens (primary N) is 1. The van der Waals surface area contributed by atoms with Gasteiger partial charge in [0.05, 0.1) is 10.9 Å². The zero-order valence-electron chi connectivity index (χ0n) is 13.4. The van der Waals surface area contributed by atoms with Crippen molar-refractivity contribution in [2.24, 2.45) is 0 Å². The van der Waals surface area contributed by atoms with Crippen LogP contribution in [0.1, 0.15) is 11.1 Å². The third-order valence-corrected chi connectivity index (χ3v) is 4.96. The number of hydrogen-bond acceptors (Lipinski definition) is 5. The summed E-state index contributed by atoms with van der Waals surface area (Å²) in [5.41, 5.74) is 6.94. The Balaban J connectivity index is 1.60. The Morgan fingerprint density at radius 2 is 2.08 bits per heavy atom. The Morgan fingerprint density at radius 3 is 2.85 bits per heavy atom. The molecule has 0 aliphatic heterocycles. The number of anilines is 1. The molecule has 0 radical (unpaired) electrons. The van der Waals surface area contributed by atoms with Crippen molar-refractivity contribution < 1.29 is 8.78 Å². The summed E-state index contributed by atoms with van der Waals surface area (Å²) in [5.74, 6) is -0.849. The van der Waals surface area contributed by atoms with Crippen LogP contribution in [0, 0.1) is 11.6 Å². The first kappa shape index (κ1) is 18.3. The van der Waals surface area contributed by atoms with E-state index in [1.807, 2.05) is 6.07 Å². The summed E-state index contributed by atoms with van der Waals surface area (Å²) in [6, 6.07) is 8.69. The summed E-state index contributed by atoms with van der Waals surface area (Å²) in [6.07, 6.45) is 0. The number of aromatic amines is 1. The van der Waals surface area contributed by atoms with Crippen LogP contribution in [-0.2, 0) is 12.3 Å². The average molecular weight is 392 g/mol. The van der Waals surface area contributed by atoms with E-state index in [4.69, 9.17) is 18.0 Å². The van der Waals surface area contributed by atoms with Crippen LogP contribution in [0.15, 0.2) is 41.2 Å². The molecule has 0 aliphatic rings. The number of hydrogen-bond donors (Lipinski definition) is 3. The van der Waals surface area contributed by atoms with Crippen molar-refractivity contribution in [1.29, 1.82) is 0 Å². The normalized spacial score (nSPS) is 10.8. The van der Waals surface area contributed by atoms with Crippen molar-refractivity contribution in [2.45, 2.75) is 12.3 Å². The minimum absolute atomic E-state index is 0.0685. The fraction of sp³-hybridized carbons (Fsp3) is 0.118. The van der Waals surface area contributed by atoms with E-state index in [2.05, 4.69) is 15.3 Å². The highest BCUT2D eigenvalue weighted by atomic mass is 32.2. The molecule has 3 aromatic rings. The third-order valence-electron chi connectivity index (χ3n) is 3.60. The molecule has 3 rings (SSSR count). The average Bonchev–Trinajstić information content (AvgIpc) is 2.59. The smallest absolute Gasteiger partial charge is 0.260 e. The van der Waals surface area contributed by atoms with Crippen LogP contribution in [0.4, 0.5) is 14.7 Å². The molecule has 0 aliphatic carbocycles. The van der Waals surface area contributed by atoms with Crippen molar-refractivity contribution in [3.05, 3.63) is 69.5 Å². The highest BCUT2D eigenvalue weighted by molar-refractivity contribution is 8.22. The number of nitrogen functional groups attached to an aromatic ring is 1. The van der Waals surface area contributed by atoms with E-state index < -0.39 is 11.6 Å². The fourth-order valence-corrected chi connectivity index (χ4v) is 3.27. The number of thiocarbonyl (C=S) groups is 1. The second-order valence-electron chi connectivity index (χ2n) is 5.47. The molecule has 0 amide bonds. The van der Waals surface area contributed by atoms with Crippen molar-refractivity contribution in [3.63, 3.8) is 0 Å². The topological polar surface area (TPSA) is 83.8 Å². The molecule has 0 saturated heterocycles. The van der Waals surface area contributed by atoms with Gasteiger partial charge in [-0.3, -0.25) is 9.78 Å². The van der Waals surface area contributed by atoms with Gasteiger partial charge >= 0.3 is 0 Å². The molecule has 1 heterocycles. The Morgan fingerprint density at radius 1 is 1.27 bits per heavy atom. The Kier molecular flexibility index (Phi) is 5.48. The molecule has 0 saturated carbocycles. The minimum atomic E-state index is -0.612. The number of fused-ring (bicyclic) bond motifs is 1. The lowest BCUT2D eigenvalue weighted by Crippen LogP contribution is -2.18. The van der Waals surface area contributed by atoms with Gasteiger partial charge < -0.3 is 11.1 Å². The molecular weight excluding hydrogens is 378 g/mol. The molecule has 0 spiro atoms. The summed E-state index contributed by atoms with van der Waals surface area (Å²) >= 11 is 6.46. The van der Waals surface area contributed by atoms with E-state index in [9.17, 15) is 13.6 Å². The number of H-pyrrole nitrogens is 1. The highest BCUT2D eigenvalue weighted by Gasteiger charge is 2.07. The van der Waals surface area contributed by atoms with E-state index >= 15 is 0 Å². The molecule has 0 bridgehead atoms. The number of nitrogens with one attached hydrogen (secondary N) is 2. The summed E-state index contributed by atoms with van der Waals surface area (Å²) in [6.45, 7) is 0.400. The Hall–Kier alpha value is -2.52. The van der Waals surface area contributed by atoms with Crippen LogP contribution < -0.4 is 16.6 Å². The molecule has 2 aromatic carbocycles. The molecule has 9 heteroatoms. The molecule has 0 atom stereocenters. The van der Waals surface area contributed by atoms with E-state index in [1.54, 1.807) is 12.1 Å². The lowest BCUT2D eigenvalue weighted by molar-refractivity contribution is 0.577. The summed E-state index contributed by atoms with van der Waals surface area (Å²) in [4.78, 5) is 18.4. The van der Waals surface area contributed by atoms with Crippen LogP contribution in [0.25, 0.3) is 10.9 Å². The van der Waals surface area contributed by atoms with Crippen molar-refractivity contribution in [1.82, 2.24) is 15.3 Å². The van der Waals surface area contributed by atoms with Gasteiger partial charge in [-0.25, -0.2) is 13.8 Å². The molecular formula is C17H14F2N4OS2. The number of nitrogens with zero attached hydrogens (tertiary/aromatic N) is 1. The summed E-state index contributed by atoms with van der Waals surface area (Å²) in [7, 11) is 0. The van der Waals surface area contributed by atoms with Gasteiger partial charge in [-0.1, -0.05) is 36.1 Å². The zero-order valence-corrected chi connectivity index (χ0v) is 15.0. The van der Waals surface area contributed by atoms with Crippen LogP contribution in [0.2, 0.25) is 0 Å². The molecule has 0 unspecified atom stereocenters. The predicted octanol–water partition coefficient (Wildman–Crippen LogP) is 3.09. The lowest BCUT2D eigenvalue weighted by Gasteiger charge is -2.09. The first-order chi connectivity index (χ1) is 12.4. The maximum Gasteiger partial charge on any atom is 0.260 e. The van der Waals surface area contributed by atoms with Crippen LogP contribution in [0.5, 0.6) is 0 Å². The zero-order chi connectivity index (χ0) is 18.7. The SMILES string of the molecule is Nc1nc2ccc(CNC(=S)SCc3ccc(F)cc3F)cc2c(=O)[nH]1. The molecule has 1 aromatic heterocycles. The number of halogens is 2. The van der Waals surface area contributed by atoms with E-state index in [0.717, 1.165) is 11.6 Å². The van der Waals surface area contributed by atoms with Gasteiger partial charge in [-0.05, 0) is 29.3 Å². The third kappa shape index (κ3) is 4.36. The second-order valence-corrected chi connectivity index (χ2v) is 7.12. The number of aromatic nitrogens is 2. The standard InChI is InChI=1S/C17H14F2N4OS2/c18-11-3-2-10(13(19)6-11)8-26-17(25)21-7-9-1-4-14-12(5-9)15(24)23-16(20)22-14/h1-6H,7-8H2,(H,21,25)(H3,20,22,23,24). The van der Waals surface area contributed by atoms with Gasteiger partial charge in [-0.15, -0.1) is 0 Å². The highest BCUT2D eigenvalue weighted by Crippen LogP contribution is 2.18. The first-order valence-corrected chi connectivity index (χ1v) is 8.95. The van der Waals surface area contributed by atoms with Crippen LogP contribution in [0.3, 0.4) is 0 Å². The number of benzene rings is 2. The quantitative estimate of drug-likeness (QED) is 0.592. The maximum atomic E-state index is 13.6. The van der Waals surface area contributed by atoms with Gasteiger partial charge in [0.2, 0.25) is 5.95 Å². The van der Waals surface area contributed by atoms with E-state index in [0.29, 0.717) is 33.1 Å². The molecule has 134 valence electrons. The van der Waals surface area contributed by atoms with Gasteiger partial charge in [0, 0.05) is 18.4 Å². The van der Waals surface area contributed by atoms with E-state index in [-0.39, 0.29) is 11.5 Å². The molecule has 4 N–H and O–H groups in total. The van der Waals surface area contributed by atoms with Crippen LogP contribution in [-0.4, -0.2) is 14.3 Å². The van der Waals surface area contributed by atoms with Crippen molar-refractivity contribution in [2.75, 3.05) is 5.73 Å². The van der Waals surface area contributed by atoms with Gasteiger partial charge in [0.25, 0.3) is 5.56 Å². The lowest BCUT2D eigenvalue weighted by atomic mass is 10.1. The van der Waals surface area contributed by atoms with E-state index in [1.165, 1.54) is 23.9 Å². The van der Waals surface area contributed by atoms with Crippen molar-refractivity contribution >= 4 is 45.2 Å². The monoisotopic (exact) mass is 392 g/mol. The number of rotatable bonds is 4. The first-order valence-electron chi connectivity index (χ1n) is 7.55. The molecule has 5 nitrogen and oxygen atoms in total. The predicted molar refractivity (Wildman–Crippen MR) is 104 cm³/mol. The molecule has 26 heavy (non-hydrogen) atoms. The van der Waals surface area contributed by atoms with Gasteiger partial charge in [-0.2, -0.15) is 0 Å². The fourth-order valence-electron chi connectivity index (χ4n) is 2.32. The molecule has 0 fully saturated rings. The second kappa shape index (κ2) is 7.79. The summed E-state index contributed by atoms with van der Waals surface area (Å²) < 4.78 is 27.0. The van der Waals surface area contributed by atoms with Gasteiger partial charge in [0.1, 0.15) is 16.0 Å². The number of thioether (sulfide) groups is 1. The van der Waals surface area contributed by atoms with Gasteiger partial charge in [0.15, 0.2) is 0 Å².